The van der Waals surface area contributed by atoms with E-state index in [4.69, 9.17) is 0 Å². The Morgan fingerprint density at radius 2 is 2.04 bits per heavy atom. The molecule has 130 valence electrons. The highest BCUT2D eigenvalue weighted by Crippen LogP contribution is 2.31. The van der Waals surface area contributed by atoms with Crippen molar-refractivity contribution >= 4 is 33.3 Å². The van der Waals surface area contributed by atoms with Crippen LogP contribution in [-0.4, -0.2) is 56.7 Å². The van der Waals surface area contributed by atoms with E-state index in [2.05, 4.69) is 33.0 Å². The highest BCUT2D eigenvalue weighted by Gasteiger charge is 2.25. The Balaban J connectivity index is 1.50. The van der Waals surface area contributed by atoms with Crippen molar-refractivity contribution in [3.8, 4) is 0 Å². The molecule has 0 bridgehead atoms. The van der Waals surface area contributed by atoms with Crippen LogP contribution in [0, 0.1) is 0 Å². The molecule has 7 nitrogen and oxygen atoms in total. The number of nitrogens with zero attached hydrogens (tertiary/aromatic N) is 6. The summed E-state index contributed by atoms with van der Waals surface area (Å²) < 4.78 is 1.66. The first kappa shape index (κ1) is 16.0. The number of carbonyl (C=O) groups is 1. The molecule has 3 aromatic heterocycles. The van der Waals surface area contributed by atoms with Crippen molar-refractivity contribution in [1.29, 1.82) is 0 Å². The Morgan fingerprint density at radius 3 is 2.72 bits per heavy atom. The molecule has 1 aliphatic heterocycles. The van der Waals surface area contributed by atoms with Crippen LogP contribution in [0.5, 0.6) is 0 Å². The Kier molecular flexibility index (Phi) is 4.12. The van der Waals surface area contributed by atoms with Gasteiger partial charge in [0.05, 0.1) is 17.1 Å². The quantitative estimate of drug-likeness (QED) is 0.718. The van der Waals surface area contributed by atoms with Crippen molar-refractivity contribution in [2.75, 3.05) is 31.1 Å². The summed E-state index contributed by atoms with van der Waals surface area (Å²) >= 11 is 1.73. The molecule has 1 fully saturated rings. The van der Waals surface area contributed by atoms with E-state index in [9.17, 15) is 4.79 Å². The van der Waals surface area contributed by atoms with Crippen LogP contribution in [0.4, 0.5) is 5.82 Å². The number of hydrogen-bond donors (Lipinski definition) is 0. The zero-order valence-electron chi connectivity index (χ0n) is 14.3. The van der Waals surface area contributed by atoms with Crippen molar-refractivity contribution < 1.29 is 4.79 Å². The van der Waals surface area contributed by atoms with Crippen molar-refractivity contribution in [3.63, 3.8) is 0 Å². The summed E-state index contributed by atoms with van der Waals surface area (Å²) in [4.78, 5) is 28.0. The number of thiophene rings is 1. The molecule has 1 amide bonds. The second-order valence-corrected chi connectivity index (χ2v) is 7.28. The molecule has 1 saturated heterocycles. The summed E-state index contributed by atoms with van der Waals surface area (Å²) in [7, 11) is 1.82. The predicted octanol–water partition coefficient (Wildman–Crippen LogP) is 1.95. The fourth-order valence-electron chi connectivity index (χ4n) is 3.15. The van der Waals surface area contributed by atoms with Gasteiger partial charge in [0.15, 0.2) is 0 Å². The standard InChI is InChI=1S/C17H20N6OS/c1-3-13-8-14-15(18-11-19-16(14)25-13)22-4-6-23(7-5-22)17(24)12-9-20-21(2)10-12/h8-11H,3-7H2,1-2H3. The SMILES string of the molecule is CCc1cc2c(N3CCN(C(=O)c4cnn(C)c4)CC3)ncnc2s1. The van der Waals surface area contributed by atoms with E-state index in [0.717, 1.165) is 35.5 Å². The second-order valence-electron chi connectivity index (χ2n) is 6.16. The number of piperazine rings is 1. The van der Waals surface area contributed by atoms with Gasteiger partial charge in [-0.15, -0.1) is 11.3 Å². The Labute approximate surface area is 149 Å². The largest absolute Gasteiger partial charge is 0.352 e. The van der Waals surface area contributed by atoms with Gasteiger partial charge in [0.25, 0.3) is 5.91 Å². The number of aryl methyl sites for hydroxylation is 2. The Morgan fingerprint density at radius 1 is 1.24 bits per heavy atom. The highest BCUT2D eigenvalue weighted by molar-refractivity contribution is 7.18. The third-order valence-electron chi connectivity index (χ3n) is 4.53. The van der Waals surface area contributed by atoms with Crippen LogP contribution in [0.2, 0.25) is 0 Å². The van der Waals surface area contributed by atoms with Crippen molar-refractivity contribution in [3.05, 3.63) is 35.2 Å². The van der Waals surface area contributed by atoms with Gasteiger partial charge in [-0.1, -0.05) is 6.92 Å². The average Bonchev–Trinajstić information content (AvgIpc) is 3.26. The maximum atomic E-state index is 12.5. The van der Waals surface area contributed by atoms with Crippen LogP contribution in [0.3, 0.4) is 0 Å². The van der Waals surface area contributed by atoms with Crippen LogP contribution in [0.25, 0.3) is 10.2 Å². The lowest BCUT2D eigenvalue weighted by molar-refractivity contribution is 0.0746. The number of carbonyl (C=O) groups excluding carboxylic acids is 1. The molecule has 0 atom stereocenters. The molecule has 0 saturated carbocycles. The third-order valence-corrected chi connectivity index (χ3v) is 5.71. The molecule has 25 heavy (non-hydrogen) atoms. The van der Waals surface area contributed by atoms with E-state index in [-0.39, 0.29) is 5.91 Å². The summed E-state index contributed by atoms with van der Waals surface area (Å²) in [5.74, 6) is 1.03. The molecule has 3 aromatic rings. The maximum Gasteiger partial charge on any atom is 0.257 e. The number of anilines is 1. The van der Waals surface area contributed by atoms with Crippen LogP contribution < -0.4 is 4.90 Å². The first-order valence-electron chi connectivity index (χ1n) is 8.42. The number of fused-ring (bicyclic) bond motifs is 1. The van der Waals surface area contributed by atoms with Gasteiger partial charge in [0.1, 0.15) is 17.0 Å². The lowest BCUT2D eigenvalue weighted by Gasteiger charge is -2.35. The topological polar surface area (TPSA) is 67.2 Å². The maximum absolute atomic E-state index is 12.5. The summed E-state index contributed by atoms with van der Waals surface area (Å²) in [5, 5.41) is 5.20. The average molecular weight is 356 g/mol. The summed E-state index contributed by atoms with van der Waals surface area (Å²) in [6.45, 7) is 5.07. The lowest BCUT2D eigenvalue weighted by Crippen LogP contribution is -2.49. The minimum absolute atomic E-state index is 0.0457. The van der Waals surface area contributed by atoms with Gasteiger partial charge in [0.2, 0.25) is 0 Å². The number of rotatable bonds is 3. The van der Waals surface area contributed by atoms with Crippen LogP contribution in [0.15, 0.2) is 24.8 Å². The molecule has 0 radical (unpaired) electrons. The van der Waals surface area contributed by atoms with Gasteiger partial charge in [-0.05, 0) is 12.5 Å². The van der Waals surface area contributed by atoms with Crippen molar-refractivity contribution in [1.82, 2.24) is 24.6 Å². The predicted molar refractivity (Wildman–Crippen MR) is 98.1 cm³/mol. The Hall–Kier alpha value is -2.48. The molecule has 0 spiro atoms. The molecule has 0 aromatic carbocycles. The zero-order valence-corrected chi connectivity index (χ0v) is 15.2. The van der Waals surface area contributed by atoms with Gasteiger partial charge >= 0.3 is 0 Å². The lowest BCUT2D eigenvalue weighted by atomic mass is 10.2. The van der Waals surface area contributed by atoms with Crippen molar-refractivity contribution in [2.24, 2.45) is 7.05 Å². The smallest absolute Gasteiger partial charge is 0.257 e. The van der Waals surface area contributed by atoms with Gasteiger partial charge in [-0.3, -0.25) is 9.48 Å². The van der Waals surface area contributed by atoms with E-state index >= 15 is 0 Å². The first-order valence-corrected chi connectivity index (χ1v) is 9.23. The molecule has 0 aliphatic carbocycles. The van der Waals surface area contributed by atoms with E-state index < -0.39 is 0 Å². The van der Waals surface area contributed by atoms with E-state index in [1.54, 1.807) is 34.7 Å². The van der Waals surface area contributed by atoms with E-state index in [1.165, 1.54) is 4.88 Å². The first-order chi connectivity index (χ1) is 12.2. The molecule has 0 N–H and O–H groups in total. The minimum atomic E-state index is 0.0457. The van der Waals surface area contributed by atoms with Crippen LogP contribution >= 0.6 is 11.3 Å². The molecule has 0 unspecified atom stereocenters. The molecular formula is C17H20N6OS. The van der Waals surface area contributed by atoms with Gasteiger partial charge in [-0.25, -0.2) is 9.97 Å². The van der Waals surface area contributed by atoms with Crippen LogP contribution in [0.1, 0.15) is 22.2 Å². The second kappa shape index (κ2) is 6.44. The highest BCUT2D eigenvalue weighted by atomic mass is 32.1. The minimum Gasteiger partial charge on any atom is -0.352 e. The van der Waals surface area contributed by atoms with Gasteiger partial charge < -0.3 is 9.80 Å². The number of aromatic nitrogens is 4. The molecular weight excluding hydrogens is 336 g/mol. The van der Waals surface area contributed by atoms with Crippen LogP contribution in [-0.2, 0) is 13.5 Å². The summed E-state index contributed by atoms with van der Waals surface area (Å²) in [5.41, 5.74) is 0.644. The van der Waals surface area contributed by atoms with Gasteiger partial charge in [0, 0.05) is 44.3 Å². The summed E-state index contributed by atoms with van der Waals surface area (Å²) in [6.07, 6.45) is 6.04. The number of hydrogen-bond acceptors (Lipinski definition) is 6. The van der Waals surface area contributed by atoms with Gasteiger partial charge in [-0.2, -0.15) is 5.10 Å². The number of amides is 1. The molecule has 4 rings (SSSR count). The van der Waals surface area contributed by atoms with Crippen molar-refractivity contribution in [2.45, 2.75) is 13.3 Å². The monoisotopic (exact) mass is 356 g/mol. The fraction of sp³-hybridized carbons (Fsp3) is 0.412. The Bertz CT molecular complexity index is 909. The summed E-state index contributed by atoms with van der Waals surface area (Å²) in [6, 6.07) is 2.20. The molecule has 1 aliphatic rings. The zero-order chi connectivity index (χ0) is 17.4. The van der Waals surface area contributed by atoms with E-state index in [1.807, 2.05) is 11.9 Å². The molecule has 4 heterocycles. The normalized spacial score (nSPS) is 15.1. The van der Waals surface area contributed by atoms with E-state index in [0.29, 0.717) is 18.7 Å². The third kappa shape index (κ3) is 2.97. The fourth-order valence-corrected chi connectivity index (χ4v) is 4.08. The molecule has 8 heteroatoms.